The molecule has 290 valence electrons. The van der Waals surface area contributed by atoms with E-state index in [-0.39, 0.29) is 22.8 Å². The van der Waals surface area contributed by atoms with E-state index < -0.39 is 14.8 Å². The van der Waals surface area contributed by atoms with Gasteiger partial charge in [-0.05, 0) is 91.4 Å². The number of nitro benzene ring substituents is 3. The van der Waals surface area contributed by atoms with Crippen molar-refractivity contribution in [1.82, 2.24) is 0 Å². The van der Waals surface area contributed by atoms with Crippen molar-refractivity contribution in [2.75, 3.05) is 5.73 Å². The van der Waals surface area contributed by atoms with Gasteiger partial charge in [0.2, 0.25) is 0 Å². The number of benzene rings is 6. The molecule has 0 saturated heterocycles. The lowest BCUT2D eigenvalue weighted by Crippen LogP contribution is -1.97. The largest absolute Gasteiger partial charge is 0.508 e. The lowest BCUT2D eigenvalue weighted by molar-refractivity contribution is -0.385. The number of hydrogen-bond donors (Lipinski definition) is 2. The predicted molar refractivity (Wildman–Crippen MR) is 220 cm³/mol. The average Bonchev–Trinajstić information content (AvgIpc) is 3.13. The highest BCUT2D eigenvalue weighted by molar-refractivity contribution is 9.10. The predicted octanol–water partition coefficient (Wildman–Crippen LogP) is 10.9. The zero-order chi connectivity index (χ0) is 41.2. The van der Waals surface area contributed by atoms with Crippen LogP contribution < -0.4 is 15.2 Å². The minimum atomic E-state index is -0.535. The van der Waals surface area contributed by atoms with Crippen molar-refractivity contribution in [1.29, 1.82) is 0 Å². The van der Waals surface area contributed by atoms with Crippen LogP contribution in [0.4, 0.5) is 22.7 Å². The highest BCUT2D eigenvalue weighted by Gasteiger charge is 2.09. The molecule has 0 aliphatic carbocycles. The van der Waals surface area contributed by atoms with Gasteiger partial charge in [0.25, 0.3) is 17.1 Å². The van der Waals surface area contributed by atoms with E-state index in [9.17, 15) is 30.3 Å². The van der Waals surface area contributed by atoms with Gasteiger partial charge in [0.1, 0.15) is 30.5 Å². The third-order valence-corrected chi connectivity index (χ3v) is 7.77. The Balaban J connectivity index is 0.000000205. The Morgan fingerprint density at radius 3 is 1.36 bits per heavy atom. The van der Waals surface area contributed by atoms with Crippen LogP contribution in [0.2, 0.25) is 0 Å². The minimum Gasteiger partial charge on any atom is -0.508 e. The zero-order valence-electron chi connectivity index (χ0n) is 31.1. The summed E-state index contributed by atoms with van der Waals surface area (Å²) in [5.74, 6) is 1.27. The molecule has 0 amide bonds. The van der Waals surface area contributed by atoms with Gasteiger partial charge >= 0.3 is 0 Å². The molecule has 6 aromatic rings. The maximum absolute atomic E-state index is 10.7. The quantitative estimate of drug-likeness (QED) is 0.0804. The summed E-state index contributed by atoms with van der Waals surface area (Å²) in [4.78, 5) is 29.9. The number of halogens is 1. The van der Waals surface area contributed by atoms with Gasteiger partial charge in [0.05, 0.1) is 26.9 Å². The Hall–Kier alpha value is -6.80. The molecule has 0 bridgehead atoms. The smallest absolute Gasteiger partial charge is 0.273 e. The molecule has 56 heavy (non-hydrogen) atoms. The monoisotopic (exact) mass is 824 g/mol. The van der Waals surface area contributed by atoms with Crippen molar-refractivity contribution in [3.8, 4) is 17.2 Å². The van der Waals surface area contributed by atoms with Crippen LogP contribution in [0.15, 0.2) is 138 Å². The molecule has 0 heterocycles. The molecule has 14 heteroatoms. The lowest BCUT2D eigenvalue weighted by atomic mass is 10.2. The van der Waals surface area contributed by atoms with Gasteiger partial charge in [-0.25, -0.2) is 0 Å². The summed E-state index contributed by atoms with van der Waals surface area (Å²) in [6.07, 6.45) is 0. The highest BCUT2D eigenvalue weighted by atomic mass is 79.9. The van der Waals surface area contributed by atoms with Gasteiger partial charge in [-0.1, -0.05) is 76.6 Å². The van der Waals surface area contributed by atoms with Crippen molar-refractivity contribution >= 4 is 38.7 Å². The summed E-state index contributed by atoms with van der Waals surface area (Å²) in [6, 6.07) is 39.1. The summed E-state index contributed by atoms with van der Waals surface area (Å²) in [5.41, 5.74) is 12.3. The maximum atomic E-state index is 10.7. The molecular weight excluding hydrogens is 784 g/mol. The first-order valence-electron chi connectivity index (χ1n) is 16.9. The van der Waals surface area contributed by atoms with Gasteiger partial charge in [0, 0.05) is 40.5 Å². The van der Waals surface area contributed by atoms with Crippen LogP contribution in [-0.4, -0.2) is 19.9 Å². The number of hydrogen-bond acceptors (Lipinski definition) is 10. The second-order valence-corrected chi connectivity index (χ2v) is 13.3. The number of ether oxygens (including phenoxy) is 2. The molecule has 0 radical (unpaired) electrons. The fraction of sp³-hybridized carbons (Fsp3) is 0.143. The van der Waals surface area contributed by atoms with Crippen molar-refractivity contribution in [3.63, 3.8) is 0 Å². The first-order chi connectivity index (χ1) is 26.6. The fourth-order valence-electron chi connectivity index (χ4n) is 4.93. The summed E-state index contributed by atoms with van der Waals surface area (Å²) in [5, 5.41) is 40.2. The molecule has 0 saturated carbocycles. The van der Waals surface area contributed by atoms with Gasteiger partial charge in [-0.15, -0.1) is 0 Å². The van der Waals surface area contributed by atoms with Crippen LogP contribution in [0.25, 0.3) is 0 Å². The SMILES string of the molecule is Cc1cc(Br)cc([N+](=O)[O-])c1.Cc1cc(N)cc(OCc2ccccc2)c1.Cc1cc(O)cc([N+](=O)[O-])c1.Cc1cc(OCc2ccccc2)cc([N+](=O)[O-])c1. The standard InChI is InChI=1S/C14H13NO3.C14H15NO.C7H6BrNO2.C7H7NO3/c1-11-7-13(15(16)17)9-14(8-11)18-10-12-5-3-2-4-6-12;1-11-7-13(15)9-14(8-11)16-10-12-5-3-2-4-6-12;1-5-2-6(8)4-7(3-5)9(10)11;1-5-2-6(8(10)11)4-7(9)3-5/h2-9H,10H2,1H3;2-9H,10,15H2,1H3;2-4H,1H3;2-4,9H,1H3. The number of nitro groups is 3. The number of anilines is 1. The van der Waals surface area contributed by atoms with Crippen LogP contribution in [0, 0.1) is 58.0 Å². The fourth-order valence-corrected chi connectivity index (χ4v) is 5.53. The Morgan fingerprint density at radius 1 is 0.536 bits per heavy atom. The summed E-state index contributed by atoms with van der Waals surface area (Å²) >= 11 is 3.18. The van der Waals surface area contributed by atoms with Gasteiger partial charge in [-0.2, -0.15) is 0 Å². The number of rotatable bonds is 9. The van der Waals surface area contributed by atoms with E-state index in [0.29, 0.717) is 24.5 Å². The zero-order valence-corrected chi connectivity index (χ0v) is 32.7. The second-order valence-electron chi connectivity index (χ2n) is 12.4. The van der Waals surface area contributed by atoms with Crippen molar-refractivity contribution in [2.45, 2.75) is 40.9 Å². The van der Waals surface area contributed by atoms with E-state index in [0.717, 1.165) is 49.8 Å². The number of nitrogens with zero attached hydrogens (tertiary/aromatic N) is 3. The molecule has 0 unspecified atom stereocenters. The third-order valence-electron chi connectivity index (χ3n) is 7.31. The molecule has 6 rings (SSSR count). The van der Waals surface area contributed by atoms with E-state index >= 15 is 0 Å². The number of non-ortho nitro benzene ring substituents is 3. The number of nitrogens with two attached hydrogens (primary N) is 1. The summed E-state index contributed by atoms with van der Waals surface area (Å²) in [6.45, 7) is 8.30. The van der Waals surface area contributed by atoms with E-state index in [1.165, 1.54) is 36.4 Å². The van der Waals surface area contributed by atoms with Crippen LogP contribution in [0.3, 0.4) is 0 Å². The molecule has 0 aliphatic rings. The van der Waals surface area contributed by atoms with E-state index in [1.54, 1.807) is 13.0 Å². The molecule has 0 aliphatic heterocycles. The Morgan fingerprint density at radius 2 is 0.929 bits per heavy atom. The number of phenolic OH excluding ortho intramolecular Hbond substituents is 1. The number of nitrogen functional groups attached to an aromatic ring is 1. The number of aryl methyl sites for hydroxylation is 4. The third kappa shape index (κ3) is 16.1. The molecule has 0 aromatic heterocycles. The lowest BCUT2D eigenvalue weighted by Gasteiger charge is -2.08. The van der Waals surface area contributed by atoms with Gasteiger partial charge in [0.15, 0.2) is 0 Å². The molecule has 0 atom stereocenters. The molecule has 0 fully saturated rings. The molecule has 3 N–H and O–H groups in total. The average molecular weight is 826 g/mol. The van der Waals surface area contributed by atoms with E-state index in [4.69, 9.17) is 20.3 Å². The van der Waals surface area contributed by atoms with E-state index in [2.05, 4.69) is 15.9 Å². The molecule has 6 aromatic carbocycles. The Kier molecular flexibility index (Phi) is 17.0. The van der Waals surface area contributed by atoms with Gasteiger partial charge in [-0.3, -0.25) is 30.3 Å². The minimum absolute atomic E-state index is 0.0538. The molecular formula is C42H41BrN4O9. The first kappa shape index (κ1) is 43.6. The van der Waals surface area contributed by atoms with Crippen molar-refractivity contribution in [3.05, 3.63) is 202 Å². The topological polar surface area (TPSA) is 194 Å². The normalized spacial score (nSPS) is 9.88. The van der Waals surface area contributed by atoms with Crippen LogP contribution in [-0.2, 0) is 13.2 Å². The summed E-state index contributed by atoms with van der Waals surface area (Å²) < 4.78 is 12.0. The second kappa shape index (κ2) is 21.8. The molecule has 13 nitrogen and oxygen atoms in total. The van der Waals surface area contributed by atoms with Crippen LogP contribution >= 0.6 is 15.9 Å². The van der Waals surface area contributed by atoms with Crippen molar-refractivity contribution < 1.29 is 29.4 Å². The number of aromatic hydroxyl groups is 1. The van der Waals surface area contributed by atoms with Crippen LogP contribution in [0.5, 0.6) is 17.2 Å². The highest BCUT2D eigenvalue weighted by Crippen LogP contribution is 2.24. The maximum Gasteiger partial charge on any atom is 0.273 e. The Labute approximate surface area is 332 Å². The van der Waals surface area contributed by atoms with Crippen LogP contribution in [0.1, 0.15) is 33.4 Å². The Bertz CT molecular complexity index is 2120. The van der Waals surface area contributed by atoms with Crippen molar-refractivity contribution in [2.24, 2.45) is 0 Å². The number of phenols is 1. The van der Waals surface area contributed by atoms with Gasteiger partial charge < -0.3 is 20.3 Å². The molecule has 0 spiro atoms. The summed E-state index contributed by atoms with van der Waals surface area (Å²) in [7, 11) is 0. The van der Waals surface area contributed by atoms with E-state index in [1.807, 2.05) is 106 Å². The first-order valence-corrected chi connectivity index (χ1v) is 17.7.